The molecule has 0 amide bonds. The highest BCUT2D eigenvalue weighted by Crippen LogP contribution is 2.37. The first kappa shape index (κ1) is 19.2. The zero-order valence-corrected chi connectivity index (χ0v) is 14.3. The predicted molar refractivity (Wildman–Crippen MR) is 93.2 cm³/mol. The van der Waals surface area contributed by atoms with Gasteiger partial charge in [0.2, 0.25) is 0 Å². The zero-order valence-electron chi connectivity index (χ0n) is 11.9. The molecule has 22 heavy (non-hydrogen) atoms. The molecule has 1 aliphatic heterocycles. The van der Waals surface area contributed by atoms with Crippen molar-refractivity contribution in [2.75, 3.05) is 26.2 Å². The van der Waals surface area contributed by atoms with Gasteiger partial charge in [0.1, 0.15) is 0 Å². The Hall–Kier alpha value is -0.850. The van der Waals surface area contributed by atoms with Crippen LogP contribution in [0, 0.1) is 5.82 Å². The summed E-state index contributed by atoms with van der Waals surface area (Å²) < 4.78 is 13.7. The molecular formula is C15H19Cl2FN2OS. The molecule has 1 aromatic heterocycles. The summed E-state index contributed by atoms with van der Waals surface area (Å²) in [7, 11) is 0. The topological polar surface area (TPSA) is 35.5 Å². The molecule has 0 radical (unpaired) electrons. The van der Waals surface area contributed by atoms with Gasteiger partial charge in [0.25, 0.3) is 0 Å². The second kappa shape index (κ2) is 8.70. The number of rotatable bonds is 3. The van der Waals surface area contributed by atoms with Crippen LogP contribution in [0.1, 0.15) is 16.5 Å². The number of nitrogens with zero attached hydrogens (tertiary/aromatic N) is 1. The second-order valence-electron chi connectivity index (χ2n) is 4.88. The summed E-state index contributed by atoms with van der Waals surface area (Å²) in [6, 6.07) is 8.72. The summed E-state index contributed by atoms with van der Waals surface area (Å²) in [4.78, 5) is 3.42. The van der Waals surface area contributed by atoms with Crippen molar-refractivity contribution in [3.8, 4) is 5.75 Å². The predicted octanol–water partition coefficient (Wildman–Crippen LogP) is 3.43. The van der Waals surface area contributed by atoms with Crippen LogP contribution in [0.15, 0.2) is 35.7 Å². The Bertz CT molecular complexity index is 577. The minimum Gasteiger partial charge on any atom is -0.505 e. The molecule has 2 aromatic rings. The number of hydrogen-bond donors (Lipinski definition) is 2. The quantitative estimate of drug-likeness (QED) is 0.875. The Morgan fingerprint density at radius 1 is 1.14 bits per heavy atom. The highest BCUT2D eigenvalue weighted by molar-refractivity contribution is 7.10. The molecule has 1 fully saturated rings. The van der Waals surface area contributed by atoms with Gasteiger partial charge in [-0.1, -0.05) is 18.2 Å². The van der Waals surface area contributed by atoms with Crippen LogP contribution in [0.5, 0.6) is 5.75 Å². The number of aromatic hydroxyl groups is 1. The van der Waals surface area contributed by atoms with Gasteiger partial charge >= 0.3 is 0 Å². The molecule has 1 aromatic carbocycles. The van der Waals surface area contributed by atoms with Crippen LogP contribution < -0.4 is 5.32 Å². The van der Waals surface area contributed by atoms with Gasteiger partial charge in [0.15, 0.2) is 11.6 Å². The van der Waals surface area contributed by atoms with Gasteiger partial charge in [-0.25, -0.2) is 4.39 Å². The van der Waals surface area contributed by atoms with E-state index in [0.717, 1.165) is 31.1 Å². The molecule has 122 valence electrons. The maximum absolute atomic E-state index is 13.7. The van der Waals surface area contributed by atoms with Crippen LogP contribution in [0.25, 0.3) is 0 Å². The number of nitrogens with one attached hydrogen (secondary N) is 1. The molecule has 0 aliphatic carbocycles. The van der Waals surface area contributed by atoms with E-state index in [1.807, 2.05) is 23.6 Å². The largest absolute Gasteiger partial charge is 0.505 e. The number of hydrogen-bond acceptors (Lipinski definition) is 4. The first-order chi connectivity index (χ1) is 9.77. The first-order valence-electron chi connectivity index (χ1n) is 6.73. The van der Waals surface area contributed by atoms with Crippen molar-refractivity contribution in [3.05, 3.63) is 52.0 Å². The fourth-order valence-corrected chi connectivity index (χ4v) is 3.55. The molecule has 0 unspecified atom stereocenters. The van der Waals surface area contributed by atoms with E-state index in [2.05, 4.69) is 10.2 Å². The second-order valence-corrected chi connectivity index (χ2v) is 5.86. The van der Waals surface area contributed by atoms with Gasteiger partial charge in [-0.3, -0.25) is 4.90 Å². The Labute approximate surface area is 146 Å². The Morgan fingerprint density at radius 3 is 2.50 bits per heavy atom. The summed E-state index contributed by atoms with van der Waals surface area (Å²) in [5.74, 6) is -0.788. The average Bonchev–Trinajstić information content (AvgIpc) is 2.99. The highest BCUT2D eigenvalue weighted by atomic mass is 35.5. The molecule has 0 saturated carbocycles. The third-order valence-corrected chi connectivity index (χ3v) is 4.57. The summed E-state index contributed by atoms with van der Waals surface area (Å²) in [5.41, 5.74) is 0.648. The lowest BCUT2D eigenvalue weighted by molar-refractivity contribution is 0.197. The normalized spacial score (nSPS) is 16.4. The fraction of sp³-hybridized carbons (Fsp3) is 0.333. The monoisotopic (exact) mass is 364 g/mol. The molecule has 1 aliphatic rings. The van der Waals surface area contributed by atoms with E-state index in [9.17, 15) is 9.50 Å². The van der Waals surface area contributed by atoms with Gasteiger partial charge < -0.3 is 10.4 Å². The number of halogens is 3. The van der Waals surface area contributed by atoms with Gasteiger partial charge in [-0.15, -0.1) is 36.2 Å². The Kier molecular flexibility index (Phi) is 7.59. The third kappa shape index (κ3) is 3.91. The fourth-order valence-electron chi connectivity index (χ4n) is 2.67. The lowest BCUT2D eigenvalue weighted by Gasteiger charge is -2.35. The van der Waals surface area contributed by atoms with Crippen LogP contribution in [-0.4, -0.2) is 36.2 Å². The van der Waals surface area contributed by atoms with E-state index in [1.54, 1.807) is 17.4 Å². The van der Waals surface area contributed by atoms with E-state index < -0.39 is 5.82 Å². The number of piperazine rings is 1. The summed E-state index contributed by atoms with van der Waals surface area (Å²) in [6.45, 7) is 3.60. The van der Waals surface area contributed by atoms with Crippen molar-refractivity contribution in [2.45, 2.75) is 6.04 Å². The standard InChI is InChI=1S/C15H17FN2OS.2ClH/c16-12-4-1-3-11(15(12)19)14(13-5-2-10-20-13)18-8-6-17-7-9-18;;/h1-5,10,14,17,19H,6-9H2;2*1H/t14-;;/m1../s1. The lowest BCUT2D eigenvalue weighted by Crippen LogP contribution is -2.45. The van der Waals surface area contributed by atoms with E-state index in [-0.39, 0.29) is 36.6 Å². The zero-order chi connectivity index (χ0) is 13.9. The Balaban J connectivity index is 0.00000121. The van der Waals surface area contributed by atoms with Crippen molar-refractivity contribution in [1.82, 2.24) is 10.2 Å². The van der Waals surface area contributed by atoms with Crippen LogP contribution in [-0.2, 0) is 0 Å². The van der Waals surface area contributed by atoms with Crippen LogP contribution in [0.2, 0.25) is 0 Å². The summed E-state index contributed by atoms with van der Waals surface area (Å²) in [6.07, 6.45) is 0. The minimum atomic E-state index is -0.556. The van der Waals surface area contributed by atoms with Crippen molar-refractivity contribution in [3.63, 3.8) is 0 Å². The van der Waals surface area contributed by atoms with Crippen molar-refractivity contribution in [1.29, 1.82) is 0 Å². The van der Waals surface area contributed by atoms with Crippen LogP contribution in [0.4, 0.5) is 4.39 Å². The maximum Gasteiger partial charge on any atom is 0.165 e. The van der Waals surface area contributed by atoms with Gasteiger partial charge in [-0.2, -0.15) is 0 Å². The molecular weight excluding hydrogens is 346 g/mol. The molecule has 0 spiro atoms. The molecule has 3 nitrogen and oxygen atoms in total. The number of para-hydroxylation sites is 1. The van der Waals surface area contributed by atoms with Crippen molar-refractivity contribution in [2.24, 2.45) is 0 Å². The number of phenolic OH excluding ortho intramolecular Hbond substituents is 1. The first-order valence-corrected chi connectivity index (χ1v) is 7.61. The van der Waals surface area contributed by atoms with Gasteiger partial charge in [0, 0.05) is 36.6 Å². The lowest BCUT2D eigenvalue weighted by atomic mass is 10.0. The molecule has 7 heteroatoms. The highest BCUT2D eigenvalue weighted by Gasteiger charge is 2.27. The molecule has 1 atom stereocenters. The number of phenols is 1. The maximum atomic E-state index is 13.7. The van der Waals surface area contributed by atoms with E-state index >= 15 is 0 Å². The molecule has 0 bridgehead atoms. The van der Waals surface area contributed by atoms with Crippen molar-refractivity contribution >= 4 is 36.2 Å². The van der Waals surface area contributed by atoms with Crippen LogP contribution >= 0.6 is 36.2 Å². The van der Waals surface area contributed by atoms with E-state index in [1.165, 1.54) is 6.07 Å². The molecule has 2 heterocycles. The molecule has 1 saturated heterocycles. The SMILES string of the molecule is Cl.Cl.Oc1c(F)cccc1[C@H](c1cccs1)N1CCNCC1. The average molecular weight is 365 g/mol. The number of thiophene rings is 1. The van der Waals surface area contributed by atoms with Crippen LogP contribution in [0.3, 0.4) is 0 Å². The smallest absolute Gasteiger partial charge is 0.165 e. The molecule has 2 N–H and O–H groups in total. The molecule has 3 rings (SSSR count). The van der Waals surface area contributed by atoms with E-state index in [4.69, 9.17) is 0 Å². The van der Waals surface area contributed by atoms with Gasteiger partial charge in [0.05, 0.1) is 6.04 Å². The summed E-state index contributed by atoms with van der Waals surface area (Å²) >= 11 is 1.64. The number of benzene rings is 1. The van der Waals surface area contributed by atoms with Gasteiger partial charge in [-0.05, 0) is 17.5 Å². The Morgan fingerprint density at radius 2 is 1.86 bits per heavy atom. The third-order valence-electron chi connectivity index (χ3n) is 3.64. The minimum absolute atomic E-state index is 0. The summed E-state index contributed by atoms with van der Waals surface area (Å²) in [5, 5.41) is 15.4. The van der Waals surface area contributed by atoms with E-state index in [0.29, 0.717) is 5.56 Å². The van der Waals surface area contributed by atoms with Crippen molar-refractivity contribution < 1.29 is 9.50 Å².